The van der Waals surface area contributed by atoms with Gasteiger partial charge in [-0.25, -0.2) is 4.68 Å². The number of carbonyl (C=O) groups excluding carboxylic acids is 1. The number of aryl methyl sites for hydroxylation is 2. The molecule has 1 unspecified atom stereocenters. The van der Waals surface area contributed by atoms with Crippen LogP contribution in [0.2, 0.25) is 0 Å². The van der Waals surface area contributed by atoms with Gasteiger partial charge in [0, 0.05) is 18.7 Å². The molecule has 0 aromatic carbocycles. The Hall–Kier alpha value is -2.31. The monoisotopic (exact) mass is 289 g/mol. The number of hydrogen-bond acceptors (Lipinski definition) is 5. The summed E-state index contributed by atoms with van der Waals surface area (Å²) >= 11 is 0. The molecular weight excluding hydrogens is 270 g/mol. The molecule has 1 saturated heterocycles. The van der Waals surface area contributed by atoms with E-state index >= 15 is 0 Å². The Kier molecular flexibility index (Phi) is 3.40. The van der Waals surface area contributed by atoms with Crippen molar-refractivity contribution in [2.24, 2.45) is 0 Å². The van der Waals surface area contributed by atoms with Crippen LogP contribution in [0.25, 0.3) is 0 Å². The average Bonchev–Trinajstić information content (AvgIpc) is 3.10. The van der Waals surface area contributed by atoms with Crippen LogP contribution in [0.1, 0.15) is 36.0 Å². The van der Waals surface area contributed by atoms with E-state index in [1.165, 1.54) is 0 Å². The Morgan fingerprint density at radius 2 is 2.24 bits per heavy atom. The van der Waals surface area contributed by atoms with Gasteiger partial charge >= 0.3 is 0 Å². The third-order valence-corrected chi connectivity index (χ3v) is 3.77. The minimum atomic E-state index is -0.0309. The number of aromatic nitrogens is 3. The van der Waals surface area contributed by atoms with Crippen molar-refractivity contribution >= 4 is 11.7 Å². The molecule has 7 nitrogen and oxygen atoms in total. The number of rotatable bonds is 3. The molecule has 0 spiro atoms. The van der Waals surface area contributed by atoms with Crippen LogP contribution < -0.4 is 5.73 Å². The van der Waals surface area contributed by atoms with Crippen molar-refractivity contribution in [2.45, 2.75) is 39.3 Å². The molecule has 112 valence electrons. The zero-order chi connectivity index (χ0) is 15.0. The van der Waals surface area contributed by atoms with Crippen LogP contribution >= 0.6 is 0 Å². The van der Waals surface area contributed by atoms with Crippen molar-refractivity contribution < 1.29 is 9.32 Å². The van der Waals surface area contributed by atoms with Gasteiger partial charge in [0.15, 0.2) is 5.76 Å². The SMILES string of the molecule is Cc1cc(C2CCCN2C(=O)Cn2nc(C)cc2N)on1. The Morgan fingerprint density at radius 1 is 1.43 bits per heavy atom. The van der Waals surface area contributed by atoms with E-state index in [9.17, 15) is 4.79 Å². The average molecular weight is 289 g/mol. The molecule has 2 aromatic heterocycles. The predicted octanol–water partition coefficient (Wildman–Crippen LogP) is 1.43. The summed E-state index contributed by atoms with van der Waals surface area (Å²) in [5.41, 5.74) is 7.48. The van der Waals surface area contributed by atoms with Gasteiger partial charge in [-0.3, -0.25) is 4.79 Å². The first-order valence-corrected chi connectivity index (χ1v) is 7.07. The lowest BCUT2D eigenvalue weighted by molar-refractivity contribution is -0.133. The highest BCUT2D eigenvalue weighted by Crippen LogP contribution is 2.32. The van der Waals surface area contributed by atoms with E-state index < -0.39 is 0 Å². The summed E-state index contributed by atoms with van der Waals surface area (Å²) in [6, 6.07) is 3.62. The van der Waals surface area contributed by atoms with Crippen molar-refractivity contribution in [3.63, 3.8) is 0 Å². The molecule has 21 heavy (non-hydrogen) atoms. The number of likely N-dealkylation sites (tertiary alicyclic amines) is 1. The highest BCUT2D eigenvalue weighted by molar-refractivity contribution is 5.77. The van der Waals surface area contributed by atoms with E-state index in [1.54, 1.807) is 10.7 Å². The van der Waals surface area contributed by atoms with Crippen molar-refractivity contribution in [1.82, 2.24) is 19.8 Å². The second-order valence-corrected chi connectivity index (χ2v) is 5.48. The molecule has 0 saturated carbocycles. The van der Waals surface area contributed by atoms with Crippen LogP contribution in [0, 0.1) is 13.8 Å². The lowest BCUT2D eigenvalue weighted by Gasteiger charge is -2.22. The van der Waals surface area contributed by atoms with Gasteiger partial charge in [0.05, 0.1) is 17.4 Å². The largest absolute Gasteiger partial charge is 0.384 e. The number of nitrogens with zero attached hydrogens (tertiary/aromatic N) is 4. The van der Waals surface area contributed by atoms with Crippen LogP contribution in [0.4, 0.5) is 5.82 Å². The van der Waals surface area contributed by atoms with Gasteiger partial charge in [-0.1, -0.05) is 5.16 Å². The fraction of sp³-hybridized carbons (Fsp3) is 0.500. The zero-order valence-corrected chi connectivity index (χ0v) is 12.2. The first-order valence-electron chi connectivity index (χ1n) is 7.07. The van der Waals surface area contributed by atoms with Gasteiger partial charge in [-0.15, -0.1) is 0 Å². The Labute approximate surface area is 122 Å². The van der Waals surface area contributed by atoms with Crippen molar-refractivity contribution in [3.05, 3.63) is 29.3 Å². The fourth-order valence-corrected chi connectivity index (χ4v) is 2.81. The molecule has 1 amide bonds. The molecule has 1 aliphatic heterocycles. The maximum atomic E-state index is 12.5. The lowest BCUT2D eigenvalue weighted by atomic mass is 10.1. The van der Waals surface area contributed by atoms with Crippen molar-refractivity contribution in [3.8, 4) is 0 Å². The fourth-order valence-electron chi connectivity index (χ4n) is 2.81. The summed E-state index contributed by atoms with van der Waals surface area (Å²) in [7, 11) is 0. The van der Waals surface area contributed by atoms with Crippen LogP contribution in [0.15, 0.2) is 16.7 Å². The third-order valence-electron chi connectivity index (χ3n) is 3.77. The maximum Gasteiger partial charge on any atom is 0.245 e. The van der Waals surface area contributed by atoms with Gasteiger partial charge in [-0.2, -0.15) is 5.10 Å². The first-order chi connectivity index (χ1) is 10.0. The number of amides is 1. The second-order valence-electron chi connectivity index (χ2n) is 5.48. The Bertz CT molecular complexity index is 660. The molecule has 0 radical (unpaired) electrons. The minimum absolute atomic E-state index is 0.00125. The molecule has 1 aliphatic rings. The van der Waals surface area contributed by atoms with E-state index in [1.807, 2.05) is 24.8 Å². The summed E-state index contributed by atoms with van der Waals surface area (Å²) in [6.45, 7) is 4.61. The summed E-state index contributed by atoms with van der Waals surface area (Å²) in [5.74, 6) is 1.26. The van der Waals surface area contributed by atoms with Crippen molar-refractivity contribution in [1.29, 1.82) is 0 Å². The Morgan fingerprint density at radius 3 is 2.86 bits per heavy atom. The molecule has 2 aromatic rings. The highest BCUT2D eigenvalue weighted by Gasteiger charge is 2.32. The second kappa shape index (κ2) is 5.23. The predicted molar refractivity (Wildman–Crippen MR) is 76.3 cm³/mol. The summed E-state index contributed by atoms with van der Waals surface area (Å²) in [6.07, 6.45) is 1.86. The van der Waals surface area contributed by atoms with Crippen LogP contribution in [-0.4, -0.2) is 32.3 Å². The van der Waals surface area contributed by atoms with E-state index in [-0.39, 0.29) is 18.5 Å². The van der Waals surface area contributed by atoms with Crippen LogP contribution in [0.5, 0.6) is 0 Å². The zero-order valence-electron chi connectivity index (χ0n) is 12.2. The quantitative estimate of drug-likeness (QED) is 0.923. The maximum absolute atomic E-state index is 12.5. The normalized spacial score (nSPS) is 18.4. The van der Waals surface area contributed by atoms with Crippen molar-refractivity contribution in [2.75, 3.05) is 12.3 Å². The first kappa shape index (κ1) is 13.7. The smallest absolute Gasteiger partial charge is 0.245 e. The third kappa shape index (κ3) is 2.63. The van der Waals surface area contributed by atoms with E-state index in [0.717, 1.165) is 36.5 Å². The summed E-state index contributed by atoms with van der Waals surface area (Å²) in [4.78, 5) is 14.3. The number of nitrogens with two attached hydrogens (primary N) is 1. The minimum Gasteiger partial charge on any atom is -0.384 e. The van der Waals surface area contributed by atoms with E-state index in [4.69, 9.17) is 10.3 Å². The lowest BCUT2D eigenvalue weighted by Crippen LogP contribution is -2.33. The number of anilines is 1. The van der Waals surface area contributed by atoms with Gasteiger partial charge < -0.3 is 15.2 Å². The topological polar surface area (TPSA) is 90.2 Å². The van der Waals surface area contributed by atoms with Crippen LogP contribution in [-0.2, 0) is 11.3 Å². The molecular formula is C14H19N5O2. The molecule has 0 bridgehead atoms. The molecule has 3 heterocycles. The van der Waals surface area contributed by atoms with Gasteiger partial charge in [-0.05, 0) is 26.7 Å². The van der Waals surface area contributed by atoms with Gasteiger partial charge in [0.2, 0.25) is 5.91 Å². The summed E-state index contributed by atoms with van der Waals surface area (Å²) in [5, 5.41) is 8.14. The molecule has 7 heteroatoms. The van der Waals surface area contributed by atoms with Crippen LogP contribution in [0.3, 0.4) is 0 Å². The molecule has 3 rings (SSSR count). The Balaban J connectivity index is 1.75. The van der Waals surface area contributed by atoms with Gasteiger partial charge in [0.25, 0.3) is 0 Å². The number of nitrogen functional groups attached to an aromatic ring is 1. The summed E-state index contributed by atoms with van der Waals surface area (Å²) < 4.78 is 6.86. The molecule has 2 N–H and O–H groups in total. The number of hydrogen-bond donors (Lipinski definition) is 1. The van der Waals surface area contributed by atoms with Gasteiger partial charge in [0.1, 0.15) is 12.4 Å². The van der Waals surface area contributed by atoms with E-state index in [0.29, 0.717) is 5.82 Å². The highest BCUT2D eigenvalue weighted by atomic mass is 16.5. The van der Waals surface area contributed by atoms with E-state index in [2.05, 4.69) is 10.3 Å². The molecule has 0 aliphatic carbocycles. The molecule has 1 atom stereocenters. The molecule has 1 fully saturated rings. The number of carbonyl (C=O) groups is 1. The standard InChI is InChI=1S/C14H19N5O2/c1-9-7-13(15)19(16-9)8-14(20)18-5-3-4-11(18)12-6-10(2)17-21-12/h6-7,11H,3-5,8,15H2,1-2H3.